The van der Waals surface area contributed by atoms with Crippen LogP contribution in [0.5, 0.6) is 0 Å². The van der Waals surface area contributed by atoms with E-state index in [0.29, 0.717) is 5.92 Å². The topological polar surface area (TPSA) is 17.8 Å². The van der Waals surface area contributed by atoms with Crippen LogP contribution in [0.1, 0.15) is 22.6 Å². The van der Waals surface area contributed by atoms with Gasteiger partial charge in [-0.2, -0.15) is 0 Å². The summed E-state index contributed by atoms with van der Waals surface area (Å²) in [5.41, 5.74) is 12.9. The summed E-state index contributed by atoms with van der Waals surface area (Å²) in [6.45, 7) is 0. The minimum absolute atomic E-state index is 0.299. The van der Waals surface area contributed by atoms with Gasteiger partial charge in [-0.3, -0.25) is 4.98 Å². The highest BCUT2D eigenvalue weighted by molar-refractivity contribution is 6.09. The van der Waals surface area contributed by atoms with Gasteiger partial charge in [0.25, 0.3) is 0 Å². The lowest BCUT2D eigenvalue weighted by atomic mass is 9.90. The summed E-state index contributed by atoms with van der Waals surface area (Å²) in [5.74, 6) is 0.299. The molecule has 0 bridgehead atoms. The van der Waals surface area contributed by atoms with Gasteiger partial charge in [-0.1, -0.05) is 91.0 Å². The Bertz CT molecular complexity index is 1930. The second-order valence-corrected chi connectivity index (χ2v) is 10.4. The lowest BCUT2D eigenvalue weighted by molar-refractivity contribution is 0.822. The van der Waals surface area contributed by atoms with Gasteiger partial charge in [-0.25, -0.2) is 0 Å². The number of hydrogen-bond donors (Lipinski definition) is 0. The zero-order chi connectivity index (χ0) is 25.8. The molecule has 5 aromatic carbocycles. The first-order valence-corrected chi connectivity index (χ1v) is 13.6. The Morgan fingerprint density at radius 3 is 2.00 bits per heavy atom. The normalized spacial score (nSPS) is 14.0. The minimum Gasteiger partial charge on any atom is -0.309 e. The average Bonchev–Trinajstić information content (AvgIpc) is 3.51. The van der Waals surface area contributed by atoms with E-state index in [-0.39, 0.29) is 0 Å². The molecule has 0 saturated carbocycles. The van der Waals surface area contributed by atoms with Gasteiger partial charge in [0, 0.05) is 34.8 Å². The van der Waals surface area contributed by atoms with E-state index in [4.69, 9.17) is 0 Å². The van der Waals surface area contributed by atoms with Crippen LogP contribution in [-0.4, -0.2) is 9.55 Å². The molecular weight excluding hydrogens is 472 g/mol. The number of para-hydroxylation sites is 2. The van der Waals surface area contributed by atoms with E-state index in [9.17, 15) is 0 Å². The predicted octanol–water partition coefficient (Wildman–Crippen LogP) is 9.20. The fourth-order valence-corrected chi connectivity index (χ4v) is 6.44. The SMILES string of the molecule is c1ccc(-c2ccc3c(c2)-c2ccncc2C3Cc2ccc(-n3c4ccccc4c4ccccc43)cc2)cc1. The number of aromatic nitrogens is 2. The molecule has 0 N–H and O–H groups in total. The minimum atomic E-state index is 0.299. The second kappa shape index (κ2) is 8.82. The smallest absolute Gasteiger partial charge is 0.0541 e. The van der Waals surface area contributed by atoms with Crippen LogP contribution in [-0.2, 0) is 6.42 Å². The Morgan fingerprint density at radius 2 is 1.26 bits per heavy atom. The molecule has 1 unspecified atom stereocenters. The Hall–Kier alpha value is -4.95. The molecule has 39 heavy (non-hydrogen) atoms. The number of nitrogens with zero attached hydrogens (tertiary/aromatic N) is 2. The van der Waals surface area contributed by atoms with Crippen LogP contribution in [0.4, 0.5) is 0 Å². The number of fused-ring (bicyclic) bond motifs is 6. The van der Waals surface area contributed by atoms with Crippen molar-refractivity contribution in [2.75, 3.05) is 0 Å². The molecule has 0 fully saturated rings. The summed E-state index contributed by atoms with van der Waals surface area (Å²) in [7, 11) is 0. The van der Waals surface area contributed by atoms with Crippen molar-refractivity contribution in [1.29, 1.82) is 0 Å². The lowest BCUT2D eigenvalue weighted by Gasteiger charge is -2.15. The van der Waals surface area contributed by atoms with Crippen molar-refractivity contribution in [3.63, 3.8) is 0 Å². The van der Waals surface area contributed by atoms with Crippen molar-refractivity contribution in [2.45, 2.75) is 12.3 Å². The van der Waals surface area contributed by atoms with E-state index in [1.54, 1.807) is 0 Å². The Kier molecular flexibility index (Phi) is 4.99. The Balaban J connectivity index is 1.17. The van der Waals surface area contributed by atoms with Crippen LogP contribution < -0.4 is 0 Å². The molecule has 0 saturated heterocycles. The third kappa shape index (κ3) is 3.53. The molecule has 0 aliphatic heterocycles. The molecule has 0 spiro atoms. The van der Waals surface area contributed by atoms with Gasteiger partial charge < -0.3 is 4.57 Å². The summed E-state index contributed by atoms with van der Waals surface area (Å²) >= 11 is 0. The lowest BCUT2D eigenvalue weighted by Crippen LogP contribution is -2.02. The molecule has 1 atom stereocenters. The highest BCUT2D eigenvalue weighted by Gasteiger charge is 2.29. The second-order valence-electron chi connectivity index (χ2n) is 10.4. The van der Waals surface area contributed by atoms with Gasteiger partial charge in [-0.05, 0) is 81.8 Å². The zero-order valence-electron chi connectivity index (χ0n) is 21.5. The number of pyridine rings is 1. The number of benzene rings is 5. The number of hydrogen-bond acceptors (Lipinski definition) is 1. The molecule has 7 aromatic rings. The van der Waals surface area contributed by atoms with Crippen LogP contribution in [0.25, 0.3) is 49.7 Å². The molecule has 2 aromatic heterocycles. The molecule has 0 radical (unpaired) electrons. The van der Waals surface area contributed by atoms with Crippen molar-refractivity contribution in [3.05, 3.63) is 156 Å². The van der Waals surface area contributed by atoms with Crippen molar-refractivity contribution in [2.24, 2.45) is 0 Å². The van der Waals surface area contributed by atoms with E-state index in [1.165, 1.54) is 66.4 Å². The quantitative estimate of drug-likeness (QED) is 0.236. The first-order valence-electron chi connectivity index (χ1n) is 13.6. The van der Waals surface area contributed by atoms with Gasteiger partial charge >= 0.3 is 0 Å². The van der Waals surface area contributed by atoms with Gasteiger partial charge in [-0.15, -0.1) is 0 Å². The third-order valence-corrected chi connectivity index (χ3v) is 8.27. The summed E-state index contributed by atoms with van der Waals surface area (Å²) < 4.78 is 2.38. The molecule has 184 valence electrons. The molecule has 2 heteroatoms. The highest BCUT2D eigenvalue weighted by atomic mass is 15.0. The van der Waals surface area contributed by atoms with Gasteiger partial charge in [0.2, 0.25) is 0 Å². The van der Waals surface area contributed by atoms with Crippen LogP contribution in [0, 0.1) is 0 Å². The molecule has 2 nitrogen and oxygen atoms in total. The standard InChI is InChI=1S/C37H26N2/c1-2-8-26(9-3-1)27-16-19-29-33(35-24-38-21-20-30(35)34(29)23-27)22-25-14-17-28(18-15-25)39-36-12-6-4-10-31(36)32-11-5-7-13-37(32)39/h1-21,23-24,33H,22H2. The molecule has 2 heterocycles. The van der Waals surface area contributed by atoms with Gasteiger partial charge in [0.1, 0.15) is 0 Å². The summed E-state index contributed by atoms with van der Waals surface area (Å²) in [5, 5.41) is 2.58. The zero-order valence-corrected chi connectivity index (χ0v) is 21.5. The molecular formula is C37H26N2. The van der Waals surface area contributed by atoms with E-state index in [2.05, 4.69) is 143 Å². The first-order chi connectivity index (χ1) is 19.3. The average molecular weight is 499 g/mol. The van der Waals surface area contributed by atoms with Crippen molar-refractivity contribution in [1.82, 2.24) is 9.55 Å². The van der Waals surface area contributed by atoms with E-state index >= 15 is 0 Å². The van der Waals surface area contributed by atoms with Crippen molar-refractivity contribution >= 4 is 21.8 Å². The van der Waals surface area contributed by atoms with Gasteiger partial charge in [0.15, 0.2) is 0 Å². The predicted molar refractivity (Wildman–Crippen MR) is 161 cm³/mol. The fraction of sp³-hybridized carbons (Fsp3) is 0.0541. The van der Waals surface area contributed by atoms with Crippen LogP contribution in [0.2, 0.25) is 0 Å². The molecule has 0 amide bonds. The first kappa shape index (κ1) is 22.1. The summed E-state index contributed by atoms with van der Waals surface area (Å²) in [6.07, 6.45) is 4.93. The molecule has 1 aliphatic rings. The largest absolute Gasteiger partial charge is 0.309 e. The maximum absolute atomic E-state index is 4.51. The third-order valence-electron chi connectivity index (χ3n) is 8.27. The van der Waals surface area contributed by atoms with Crippen molar-refractivity contribution < 1.29 is 0 Å². The van der Waals surface area contributed by atoms with E-state index in [1.807, 2.05) is 6.20 Å². The number of rotatable bonds is 4. The van der Waals surface area contributed by atoms with E-state index in [0.717, 1.165) is 6.42 Å². The van der Waals surface area contributed by atoms with Crippen molar-refractivity contribution in [3.8, 4) is 27.9 Å². The molecule has 8 rings (SSSR count). The van der Waals surface area contributed by atoms with Crippen LogP contribution >= 0.6 is 0 Å². The fourth-order valence-electron chi connectivity index (χ4n) is 6.44. The summed E-state index contributed by atoms with van der Waals surface area (Å²) in [6, 6.07) is 46.3. The summed E-state index contributed by atoms with van der Waals surface area (Å²) in [4.78, 5) is 4.51. The van der Waals surface area contributed by atoms with Crippen LogP contribution in [0.15, 0.2) is 140 Å². The maximum Gasteiger partial charge on any atom is 0.0541 e. The highest BCUT2D eigenvalue weighted by Crippen LogP contribution is 2.47. The van der Waals surface area contributed by atoms with Gasteiger partial charge in [0.05, 0.1) is 11.0 Å². The van der Waals surface area contributed by atoms with Crippen LogP contribution in [0.3, 0.4) is 0 Å². The Morgan fingerprint density at radius 1 is 0.564 bits per heavy atom. The maximum atomic E-state index is 4.51. The Labute approximate surface area is 227 Å². The molecule has 1 aliphatic carbocycles. The monoisotopic (exact) mass is 498 g/mol. The van der Waals surface area contributed by atoms with E-state index < -0.39 is 0 Å².